The predicted molar refractivity (Wildman–Crippen MR) is 72.2 cm³/mol. The summed E-state index contributed by atoms with van der Waals surface area (Å²) in [4.78, 5) is 2.08. The molecule has 0 aliphatic carbocycles. The van der Waals surface area contributed by atoms with Gasteiger partial charge >= 0.3 is 0 Å². The van der Waals surface area contributed by atoms with Gasteiger partial charge in [-0.25, -0.2) is 0 Å². The van der Waals surface area contributed by atoms with Crippen LogP contribution in [0.1, 0.15) is 17.9 Å². The van der Waals surface area contributed by atoms with Crippen LogP contribution in [-0.4, -0.2) is 32.6 Å². The van der Waals surface area contributed by atoms with Crippen LogP contribution < -0.4 is 4.74 Å². The standard InChI is InChI=1S/C13H17BrN2O/c1-16(2)8-7-10(9-15)11-5-4-6-12(17-3)13(11)14/h4-6,10H,7-8H2,1-3H3. The molecule has 0 aromatic heterocycles. The Bertz CT molecular complexity index is 412. The first-order valence-electron chi connectivity index (χ1n) is 5.47. The van der Waals surface area contributed by atoms with Gasteiger partial charge in [0.1, 0.15) is 5.75 Å². The molecule has 0 aliphatic heterocycles. The minimum atomic E-state index is -0.109. The van der Waals surface area contributed by atoms with E-state index in [4.69, 9.17) is 4.74 Å². The van der Waals surface area contributed by atoms with E-state index >= 15 is 0 Å². The summed E-state index contributed by atoms with van der Waals surface area (Å²) in [6, 6.07) is 8.12. The predicted octanol–water partition coefficient (Wildman–Crippen LogP) is 3.02. The second-order valence-electron chi connectivity index (χ2n) is 4.14. The number of hydrogen-bond donors (Lipinski definition) is 0. The quantitative estimate of drug-likeness (QED) is 0.838. The van der Waals surface area contributed by atoms with Crippen LogP contribution in [0.3, 0.4) is 0 Å². The Morgan fingerprint density at radius 2 is 2.18 bits per heavy atom. The summed E-state index contributed by atoms with van der Waals surface area (Å²) in [6.07, 6.45) is 0.815. The molecule has 1 aromatic rings. The fourth-order valence-corrected chi connectivity index (χ4v) is 2.33. The first kappa shape index (κ1) is 14.0. The normalized spacial score (nSPS) is 12.2. The molecular formula is C13H17BrN2O. The Kier molecular flexibility index (Phi) is 5.46. The first-order valence-corrected chi connectivity index (χ1v) is 6.26. The third-order valence-corrected chi connectivity index (χ3v) is 3.46. The number of halogens is 1. The average Bonchev–Trinajstić information content (AvgIpc) is 2.31. The average molecular weight is 297 g/mol. The van der Waals surface area contributed by atoms with Crippen molar-refractivity contribution in [3.63, 3.8) is 0 Å². The molecule has 0 radical (unpaired) electrons. The van der Waals surface area contributed by atoms with Crippen molar-refractivity contribution >= 4 is 15.9 Å². The molecule has 0 bridgehead atoms. The Morgan fingerprint density at radius 1 is 1.47 bits per heavy atom. The van der Waals surface area contributed by atoms with Gasteiger partial charge in [-0.15, -0.1) is 0 Å². The molecule has 0 spiro atoms. The number of ether oxygens (including phenoxy) is 1. The van der Waals surface area contributed by atoms with Crippen LogP contribution in [-0.2, 0) is 0 Å². The van der Waals surface area contributed by atoms with Crippen molar-refractivity contribution in [3.8, 4) is 11.8 Å². The Hall–Kier alpha value is -1.05. The van der Waals surface area contributed by atoms with Gasteiger partial charge in [0.15, 0.2) is 0 Å². The maximum Gasteiger partial charge on any atom is 0.133 e. The van der Waals surface area contributed by atoms with E-state index in [0.29, 0.717) is 0 Å². The molecule has 0 saturated heterocycles. The number of rotatable bonds is 5. The van der Waals surface area contributed by atoms with Crippen molar-refractivity contribution in [2.24, 2.45) is 0 Å². The van der Waals surface area contributed by atoms with Crippen LogP contribution in [0.15, 0.2) is 22.7 Å². The van der Waals surface area contributed by atoms with E-state index < -0.39 is 0 Å². The van der Waals surface area contributed by atoms with E-state index in [2.05, 4.69) is 26.9 Å². The molecule has 0 saturated carbocycles. The van der Waals surface area contributed by atoms with Gasteiger partial charge in [0.25, 0.3) is 0 Å². The number of benzene rings is 1. The van der Waals surface area contributed by atoms with Crippen molar-refractivity contribution < 1.29 is 4.74 Å². The summed E-state index contributed by atoms with van der Waals surface area (Å²) in [5.74, 6) is 0.662. The van der Waals surface area contributed by atoms with Crippen LogP contribution in [0.4, 0.5) is 0 Å². The van der Waals surface area contributed by atoms with Gasteiger partial charge in [-0.3, -0.25) is 0 Å². The van der Waals surface area contributed by atoms with Gasteiger partial charge in [0, 0.05) is 0 Å². The fourth-order valence-electron chi connectivity index (χ4n) is 1.63. The van der Waals surface area contributed by atoms with Crippen molar-refractivity contribution in [3.05, 3.63) is 28.2 Å². The number of nitrogens with zero attached hydrogens (tertiary/aromatic N) is 2. The molecule has 0 heterocycles. The molecule has 1 aromatic carbocycles. The van der Waals surface area contributed by atoms with Gasteiger partial charge in [-0.05, 0) is 54.6 Å². The van der Waals surface area contributed by atoms with E-state index in [0.717, 1.165) is 28.8 Å². The molecule has 3 nitrogen and oxygen atoms in total. The molecule has 0 fully saturated rings. The minimum Gasteiger partial charge on any atom is -0.496 e. The van der Waals surface area contributed by atoms with Gasteiger partial charge in [-0.2, -0.15) is 5.26 Å². The third kappa shape index (κ3) is 3.72. The van der Waals surface area contributed by atoms with Gasteiger partial charge < -0.3 is 9.64 Å². The maximum absolute atomic E-state index is 9.25. The molecule has 0 N–H and O–H groups in total. The zero-order valence-corrected chi connectivity index (χ0v) is 12.0. The van der Waals surface area contributed by atoms with Crippen LogP contribution >= 0.6 is 15.9 Å². The summed E-state index contributed by atoms with van der Waals surface area (Å²) in [7, 11) is 5.65. The Morgan fingerprint density at radius 3 is 2.71 bits per heavy atom. The van der Waals surface area contributed by atoms with Crippen LogP contribution in [0, 0.1) is 11.3 Å². The molecule has 1 atom stereocenters. The summed E-state index contributed by atoms with van der Waals surface area (Å²) < 4.78 is 6.12. The van der Waals surface area contributed by atoms with Gasteiger partial charge in [0.05, 0.1) is 23.6 Å². The topological polar surface area (TPSA) is 36.3 Å². The molecular weight excluding hydrogens is 280 g/mol. The Balaban J connectivity index is 2.93. The van der Waals surface area contributed by atoms with E-state index in [-0.39, 0.29) is 5.92 Å². The van der Waals surface area contributed by atoms with E-state index in [9.17, 15) is 5.26 Å². The lowest BCUT2D eigenvalue weighted by Crippen LogP contribution is -2.15. The highest BCUT2D eigenvalue weighted by atomic mass is 79.9. The number of hydrogen-bond acceptors (Lipinski definition) is 3. The molecule has 1 rings (SSSR count). The van der Waals surface area contributed by atoms with Crippen LogP contribution in [0.25, 0.3) is 0 Å². The van der Waals surface area contributed by atoms with Crippen LogP contribution in [0.5, 0.6) is 5.75 Å². The Labute approximate surface area is 111 Å². The lowest BCUT2D eigenvalue weighted by Gasteiger charge is -2.16. The summed E-state index contributed by atoms with van der Waals surface area (Å²) in [6.45, 7) is 0.891. The monoisotopic (exact) mass is 296 g/mol. The summed E-state index contributed by atoms with van der Waals surface area (Å²) in [5.41, 5.74) is 0.994. The second kappa shape index (κ2) is 6.63. The molecule has 1 unspecified atom stereocenters. The number of methoxy groups -OCH3 is 1. The first-order chi connectivity index (χ1) is 8.10. The highest BCUT2D eigenvalue weighted by molar-refractivity contribution is 9.10. The van der Waals surface area contributed by atoms with Crippen molar-refractivity contribution in [1.29, 1.82) is 5.26 Å². The largest absolute Gasteiger partial charge is 0.496 e. The third-order valence-electron chi connectivity index (χ3n) is 2.61. The van der Waals surface area contributed by atoms with E-state index in [1.165, 1.54) is 0 Å². The lowest BCUT2D eigenvalue weighted by atomic mass is 9.97. The second-order valence-corrected chi connectivity index (χ2v) is 4.93. The molecule has 4 heteroatoms. The zero-order chi connectivity index (χ0) is 12.8. The van der Waals surface area contributed by atoms with Crippen molar-refractivity contribution in [2.75, 3.05) is 27.7 Å². The maximum atomic E-state index is 9.25. The van der Waals surface area contributed by atoms with E-state index in [1.807, 2.05) is 32.3 Å². The SMILES string of the molecule is COc1cccc(C(C#N)CCN(C)C)c1Br. The zero-order valence-electron chi connectivity index (χ0n) is 10.4. The summed E-state index contributed by atoms with van der Waals surface area (Å²) in [5, 5.41) is 9.25. The van der Waals surface area contributed by atoms with Gasteiger partial charge in [-0.1, -0.05) is 12.1 Å². The molecule has 92 valence electrons. The molecule has 0 amide bonds. The smallest absolute Gasteiger partial charge is 0.133 e. The minimum absolute atomic E-state index is 0.109. The fraction of sp³-hybridized carbons (Fsp3) is 0.462. The van der Waals surface area contributed by atoms with Crippen molar-refractivity contribution in [2.45, 2.75) is 12.3 Å². The van der Waals surface area contributed by atoms with Crippen molar-refractivity contribution in [1.82, 2.24) is 4.90 Å². The van der Waals surface area contributed by atoms with Gasteiger partial charge in [0.2, 0.25) is 0 Å². The summed E-state index contributed by atoms with van der Waals surface area (Å²) >= 11 is 3.50. The van der Waals surface area contributed by atoms with E-state index in [1.54, 1.807) is 7.11 Å². The molecule has 0 aliphatic rings. The highest BCUT2D eigenvalue weighted by Gasteiger charge is 2.16. The van der Waals surface area contributed by atoms with Crippen LogP contribution in [0.2, 0.25) is 0 Å². The lowest BCUT2D eigenvalue weighted by molar-refractivity contribution is 0.391. The molecule has 17 heavy (non-hydrogen) atoms. The number of nitriles is 1. The highest BCUT2D eigenvalue weighted by Crippen LogP contribution is 2.34.